The summed E-state index contributed by atoms with van der Waals surface area (Å²) in [4.78, 5) is 26.3. The number of hydrogen-bond acceptors (Lipinski definition) is 6. The van der Waals surface area contributed by atoms with Crippen LogP contribution in [0.15, 0.2) is 48.9 Å². The number of benzene rings is 1. The Labute approximate surface area is 157 Å². The standard InChI is InChI=1S/C18H14F3N5O2/c19-18(20,21)15-6-7-22-17(26-15)25-12-3-1-2-11(8-12)14-10-23-13(9-24-14)4-5-16(27)28/h1-3,6-10H,4-5H2,(H,27,28)(H,22,25,26). The second kappa shape index (κ2) is 7.99. The van der Waals surface area contributed by atoms with Crippen molar-refractivity contribution < 1.29 is 23.1 Å². The molecular weight excluding hydrogens is 375 g/mol. The summed E-state index contributed by atoms with van der Waals surface area (Å²) < 4.78 is 38.3. The fourth-order valence-corrected chi connectivity index (χ4v) is 2.33. The van der Waals surface area contributed by atoms with Crippen molar-refractivity contribution in [3.63, 3.8) is 0 Å². The van der Waals surface area contributed by atoms with E-state index in [-0.39, 0.29) is 18.8 Å². The van der Waals surface area contributed by atoms with Crippen LogP contribution in [0.2, 0.25) is 0 Å². The van der Waals surface area contributed by atoms with Gasteiger partial charge in [-0.2, -0.15) is 13.2 Å². The Morgan fingerprint density at radius 2 is 1.93 bits per heavy atom. The van der Waals surface area contributed by atoms with Crippen molar-refractivity contribution >= 4 is 17.6 Å². The van der Waals surface area contributed by atoms with Crippen molar-refractivity contribution in [2.45, 2.75) is 19.0 Å². The van der Waals surface area contributed by atoms with Gasteiger partial charge in [0, 0.05) is 30.1 Å². The second-order valence-corrected chi connectivity index (χ2v) is 5.76. The molecule has 0 atom stereocenters. The number of nitrogens with one attached hydrogen (secondary N) is 1. The van der Waals surface area contributed by atoms with Gasteiger partial charge in [0.25, 0.3) is 0 Å². The zero-order valence-electron chi connectivity index (χ0n) is 14.3. The molecule has 0 bridgehead atoms. The molecule has 1 aromatic carbocycles. The number of anilines is 2. The van der Waals surface area contributed by atoms with Crippen LogP contribution in [0.4, 0.5) is 24.8 Å². The van der Waals surface area contributed by atoms with E-state index in [1.807, 2.05) is 0 Å². The van der Waals surface area contributed by atoms with Crippen LogP contribution in [0.5, 0.6) is 0 Å². The van der Waals surface area contributed by atoms with Crippen LogP contribution < -0.4 is 5.32 Å². The Morgan fingerprint density at radius 3 is 2.61 bits per heavy atom. The molecule has 0 spiro atoms. The third-order valence-electron chi connectivity index (χ3n) is 3.66. The molecule has 0 aliphatic rings. The van der Waals surface area contributed by atoms with E-state index in [1.54, 1.807) is 24.3 Å². The molecule has 3 aromatic rings. The minimum atomic E-state index is -4.56. The van der Waals surface area contributed by atoms with Gasteiger partial charge >= 0.3 is 12.1 Å². The molecule has 7 nitrogen and oxygen atoms in total. The quantitative estimate of drug-likeness (QED) is 0.663. The molecule has 0 amide bonds. The maximum Gasteiger partial charge on any atom is 0.433 e. The van der Waals surface area contributed by atoms with Crippen molar-refractivity contribution in [2.75, 3.05) is 5.32 Å². The topological polar surface area (TPSA) is 101 Å². The predicted octanol–water partition coefficient (Wildman–Crippen LogP) is 3.71. The molecule has 0 saturated carbocycles. The Balaban J connectivity index is 1.76. The van der Waals surface area contributed by atoms with Crippen LogP contribution in [0.1, 0.15) is 17.8 Å². The van der Waals surface area contributed by atoms with E-state index >= 15 is 0 Å². The number of halogens is 3. The SMILES string of the molecule is O=C(O)CCc1cnc(-c2cccc(Nc3nccc(C(F)(F)F)n3)c2)cn1. The first kappa shape index (κ1) is 19.2. The molecular formula is C18H14F3N5O2. The number of hydrogen-bond donors (Lipinski definition) is 2. The van der Waals surface area contributed by atoms with Gasteiger partial charge in [0.15, 0.2) is 0 Å². The average Bonchev–Trinajstić information content (AvgIpc) is 2.66. The number of rotatable bonds is 6. The number of carbonyl (C=O) groups is 1. The highest BCUT2D eigenvalue weighted by Crippen LogP contribution is 2.28. The first-order chi connectivity index (χ1) is 13.3. The van der Waals surface area contributed by atoms with E-state index in [0.717, 1.165) is 12.3 Å². The molecule has 2 N–H and O–H groups in total. The van der Waals surface area contributed by atoms with Crippen LogP contribution in [0, 0.1) is 0 Å². The summed E-state index contributed by atoms with van der Waals surface area (Å²) in [7, 11) is 0. The lowest BCUT2D eigenvalue weighted by molar-refractivity contribution is -0.141. The molecule has 0 aliphatic heterocycles. The van der Waals surface area contributed by atoms with Crippen molar-refractivity contribution in [3.8, 4) is 11.3 Å². The van der Waals surface area contributed by atoms with Crippen molar-refractivity contribution in [1.29, 1.82) is 0 Å². The van der Waals surface area contributed by atoms with Crippen LogP contribution in [-0.2, 0) is 17.4 Å². The van der Waals surface area contributed by atoms with E-state index < -0.39 is 17.8 Å². The average molecular weight is 389 g/mol. The number of aromatic nitrogens is 4. The molecule has 0 aliphatic carbocycles. The minimum absolute atomic E-state index is 0.0373. The van der Waals surface area contributed by atoms with Gasteiger partial charge in [-0.05, 0) is 18.2 Å². The minimum Gasteiger partial charge on any atom is -0.481 e. The molecule has 2 aromatic heterocycles. The van der Waals surface area contributed by atoms with Gasteiger partial charge < -0.3 is 10.4 Å². The third-order valence-corrected chi connectivity index (χ3v) is 3.66. The maximum atomic E-state index is 12.8. The lowest BCUT2D eigenvalue weighted by Crippen LogP contribution is -2.10. The molecule has 3 rings (SSSR count). The Bertz CT molecular complexity index is 977. The summed E-state index contributed by atoms with van der Waals surface area (Å²) in [6.07, 6.45) is -0.282. The largest absolute Gasteiger partial charge is 0.481 e. The van der Waals surface area contributed by atoms with Crippen LogP contribution in [0.25, 0.3) is 11.3 Å². The summed E-state index contributed by atoms with van der Waals surface area (Å²) in [6, 6.07) is 7.58. The highest BCUT2D eigenvalue weighted by atomic mass is 19.4. The van der Waals surface area contributed by atoms with Crippen molar-refractivity contribution in [1.82, 2.24) is 19.9 Å². The molecule has 144 valence electrons. The van der Waals surface area contributed by atoms with E-state index in [4.69, 9.17) is 5.11 Å². The van der Waals surface area contributed by atoms with Gasteiger partial charge in [0.05, 0.1) is 24.0 Å². The molecule has 10 heteroatoms. The van der Waals surface area contributed by atoms with Gasteiger partial charge in [-0.3, -0.25) is 14.8 Å². The number of carboxylic acids is 1. The van der Waals surface area contributed by atoms with Crippen LogP contribution >= 0.6 is 0 Å². The Kier molecular flexibility index (Phi) is 5.48. The lowest BCUT2D eigenvalue weighted by Gasteiger charge is -2.09. The molecule has 0 radical (unpaired) electrons. The molecule has 0 saturated heterocycles. The van der Waals surface area contributed by atoms with Crippen LogP contribution in [-0.4, -0.2) is 31.0 Å². The van der Waals surface area contributed by atoms with Crippen LogP contribution in [0.3, 0.4) is 0 Å². The van der Waals surface area contributed by atoms with E-state index in [0.29, 0.717) is 22.6 Å². The summed E-state index contributed by atoms with van der Waals surface area (Å²) in [5.74, 6) is -1.09. The van der Waals surface area contributed by atoms with E-state index in [1.165, 1.54) is 12.4 Å². The zero-order chi connectivity index (χ0) is 20.1. The van der Waals surface area contributed by atoms with Gasteiger partial charge in [-0.15, -0.1) is 0 Å². The summed E-state index contributed by atoms with van der Waals surface area (Å²) in [5, 5.41) is 11.4. The summed E-state index contributed by atoms with van der Waals surface area (Å²) in [5.41, 5.74) is 1.21. The van der Waals surface area contributed by atoms with Gasteiger partial charge in [0.1, 0.15) is 5.69 Å². The number of alkyl halides is 3. The zero-order valence-corrected chi connectivity index (χ0v) is 14.3. The summed E-state index contributed by atoms with van der Waals surface area (Å²) >= 11 is 0. The molecule has 2 heterocycles. The van der Waals surface area contributed by atoms with Gasteiger partial charge in [-0.1, -0.05) is 12.1 Å². The van der Waals surface area contributed by atoms with Crippen molar-refractivity contribution in [2.24, 2.45) is 0 Å². The third kappa shape index (κ3) is 5.00. The number of aryl methyl sites for hydroxylation is 1. The predicted molar refractivity (Wildman–Crippen MR) is 93.7 cm³/mol. The fraction of sp³-hybridized carbons (Fsp3) is 0.167. The Morgan fingerprint density at radius 1 is 1.11 bits per heavy atom. The first-order valence-corrected chi connectivity index (χ1v) is 8.12. The maximum absolute atomic E-state index is 12.8. The number of nitrogens with zero attached hydrogens (tertiary/aromatic N) is 4. The van der Waals surface area contributed by atoms with Crippen molar-refractivity contribution in [3.05, 3.63) is 60.3 Å². The highest BCUT2D eigenvalue weighted by molar-refractivity contribution is 5.67. The van der Waals surface area contributed by atoms with Gasteiger partial charge in [-0.25, -0.2) is 9.97 Å². The highest BCUT2D eigenvalue weighted by Gasteiger charge is 2.32. The first-order valence-electron chi connectivity index (χ1n) is 8.12. The molecule has 0 fully saturated rings. The normalized spacial score (nSPS) is 11.2. The second-order valence-electron chi connectivity index (χ2n) is 5.76. The van der Waals surface area contributed by atoms with Gasteiger partial charge in [0.2, 0.25) is 5.95 Å². The lowest BCUT2D eigenvalue weighted by atomic mass is 10.1. The smallest absolute Gasteiger partial charge is 0.433 e. The number of aliphatic carboxylic acids is 1. The summed E-state index contributed by atoms with van der Waals surface area (Å²) in [6.45, 7) is 0. The molecule has 0 unspecified atom stereocenters. The molecule has 28 heavy (non-hydrogen) atoms. The van der Waals surface area contributed by atoms with E-state index in [2.05, 4.69) is 25.3 Å². The monoisotopic (exact) mass is 389 g/mol. The number of carboxylic acid groups (broad SMARTS) is 1. The fourth-order valence-electron chi connectivity index (χ4n) is 2.33. The van der Waals surface area contributed by atoms with E-state index in [9.17, 15) is 18.0 Å². The Hall–Kier alpha value is -3.56.